The van der Waals surface area contributed by atoms with Crippen molar-refractivity contribution in [2.24, 2.45) is 69.0 Å². The lowest BCUT2D eigenvalue weighted by molar-refractivity contribution is -0.374. The molecule has 0 saturated heterocycles. The number of ether oxygens (including phenoxy) is 6. The Hall–Kier alpha value is -2.64. The summed E-state index contributed by atoms with van der Waals surface area (Å²) in [5.41, 5.74) is 3.25. The number of allylic oxidation sites excluding steroid dienone is 2. The molecule has 6 nitrogen and oxygen atoms in total. The Morgan fingerprint density at radius 2 is 0.959 bits per heavy atom. The van der Waals surface area contributed by atoms with Crippen LogP contribution < -0.4 is 9.47 Å². The topological polar surface area (TPSA) is 55.4 Å². The van der Waals surface area contributed by atoms with Crippen molar-refractivity contribution in [2.75, 3.05) is 69.1 Å². The van der Waals surface area contributed by atoms with E-state index in [1.54, 1.807) is 0 Å². The maximum Gasteiger partial charge on any atom is 0.130 e. The zero-order valence-corrected chi connectivity index (χ0v) is 29.8. The largest absolute Gasteiger partial charge is 0.496 e. The first kappa shape index (κ1) is 30.0. The molecule has 6 bridgehead atoms. The molecule has 258 valence electrons. The van der Waals surface area contributed by atoms with Gasteiger partial charge in [0.25, 0.3) is 0 Å². The minimum atomic E-state index is 0.0630. The molecule has 14 atom stereocenters. The molecule has 3 aromatic rings. The highest BCUT2D eigenvalue weighted by Crippen LogP contribution is 2.98. The summed E-state index contributed by atoms with van der Waals surface area (Å²) >= 11 is 0. The van der Waals surface area contributed by atoms with Crippen molar-refractivity contribution < 1.29 is 28.4 Å². The van der Waals surface area contributed by atoms with Gasteiger partial charge in [-0.1, -0.05) is 36.4 Å². The van der Waals surface area contributed by atoms with Gasteiger partial charge >= 0.3 is 0 Å². The SMILES string of the molecule is COC[C@@]12[C@@H]3[C@@H]([C@@H]4C[C@H]3[C@]3(COC)[C@@H]5[C@@H]([C@@H]6C[C@H]5c5c6c(OC)c6cc7ccccc7cc6c5OC)[C@]43COC)[C@]1(COC)[C@H]1C=C[C@@H]2C1. The molecular weight excluding hydrogens is 612 g/mol. The fourth-order valence-corrected chi connectivity index (χ4v) is 17.0. The molecule has 0 aromatic heterocycles. The van der Waals surface area contributed by atoms with E-state index in [-0.39, 0.29) is 21.7 Å². The minimum Gasteiger partial charge on any atom is -0.496 e. The highest BCUT2D eigenvalue weighted by molar-refractivity contribution is 6.05. The average molecular weight is 663 g/mol. The van der Waals surface area contributed by atoms with E-state index in [0.717, 1.165) is 44.3 Å². The van der Waals surface area contributed by atoms with E-state index in [1.807, 2.05) is 42.7 Å². The summed E-state index contributed by atoms with van der Waals surface area (Å²) in [5.74, 6) is 7.65. The molecule has 49 heavy (non-hydrogen) atoms. The van der Waals surface area contributed by atoms with Gasteiger partial charge in [-0.05, 0) is 101 Å². The van der Waals surface area contributed by atoms with Gasteiger partial charge in [0, 0.05) is 72.0 Å². The Morgan fingerprint density at radius 3 is 1.37 bits per heavy atom. The zero-order chi connectivity index (χ0) is 33.2. The third-order valence-electron chi connectivity index (χ3n) is 17.2. The van der Waals surface area contributed by atoms with Crippen molar-refractivity contribution in [3.63, 3.8) is 0 Å². The molecular formula is C43H50O6. The zero-order valence-electron chi connectivity index (χ0n) is 29.8. The van der Waals surface area contributed by atoms with Gasteiger partial charge in [-0.25, -0.2) is 0 Å². The van der Waals surface area contributed by atoms with Crippen LogP contribution in [-0.2, 0) is 18.9 Å². The van der Waals surface area contributed by atoms with Crippen LogP contribution in [0.2, 0.25) is 0 Å². The molecule has 0 N–H and O–H groups in total. The maximum atomic E-state index is 6.50. The van der Waals surface area contributed by atoms with Crippen LogP contribution in [0, 0.1) is 69.0 Å². The molecule has 6 fully saturated rings. The maximum absolute atomic E-state index is 6.50. The van der Waals surface area contributed by atoms with Gasteiger partial charge in [-0.2, -0.15) is 0 Å². The molecule has 6 saturated carbocycles. The predicted molar refractivity (Wildman–Crippen MR) is 188 cm³/mol. The lowest BCUT2D eigenvalue weighted by Gasteiger charge is -2.82. The van der Waals surface area contributed by atoms with Crippen LogP contribution >= 0.6 is 0 Å². The highest BCUT2D eigenvalue weighted by atomic mass is 16.5. The number of hydrogen-bond acceptors (Lipinski definition) is 6. The first-order valence-corrected chi connectivity index (χ1v) is 18.7. The van der Waals surface area contributed by atoms with Gasteiger partial charge in [0.05, 0.1) is 40.6 Å². The number of hydrogen-bond donors (Lipinski definition) is 0. The smallest absolute Gasteiger partial charge is 0.130 e. The molecule has 0 amide bonds. The Kier molecular flexibility index (Phi) is 5.89. The molecule has 0 radical (unpaired) electrons. The molecule has 0 aliphatic heterocycles. The van der Waals surface area contributed by atoms with Gasteiger partial charge in [0.1, 0.15) is 11.5 Å². The van der Waals surface area contributed by atoms with Crippen LogP contribution in [0.4, 0.5) is 0 Å². The second-order valence-corrected chi connectivity index (χ2v) is 17.4. The quantitative estimate of drug-likeness (QED) is 0.0972. The van der Waals surface area contributed by atoms with Gasteiger partial charge in [0.2, 0.25) is 0 Å². The fraction of sp³-hybridized carbons (Fsp3) is 0.628. The molecule has 11 rings (SSSR count). The highest BCUT2D eigenvalue weighted by Gasteiger charge is 2.96. The molecule has 6 heteroatoms. The van der Waals surface area contributed by atoms with Crippen molar-refractivity contribution in [1.82, 2.24) is 0 Å². The standard InChI is InChI=1S/C43H50O6/c1-44-18-40-24-11-12-25(15-24)41(40,19-45-2)37-31-17-30(36(37)40)42(20-46-3)34-28-16-29(35(34)43(31,42)21-47-4)33-32(28)38(48-5)26-13-22-9-7-8-10-23(22)14-27(26)39(33)49-6/h7-14,24-25,28-31,34-37H,15-21H2,1-6H3/t24-,25+,28+,29-,30-,31+,34+,35-,36+,37-,40-,41+,42-,43+. The fourth-order valence-electron chi connectivity index (χ4n) is 17.0. The molecule has 0 spiro atoms. The predicted octanol–water partition coefficient (Wildman–Crippen LogP) is 7.47. The van der Waals surface area contributed by atoms with Gasteiger partial charge in [0.15, 0.2) is 0 Å². The second kappa shape index (κ2) is 9.61. The third kappa shape index (κ3) is 2.77. The lowest BCUT2D eigenvalue weighted by atomic mass is 9.22. The van der Waals surface area contributed by atoms with Gasteiger partial charge in [-0.15, -0.1) is 0 Å². The van der Waals surface area contributed by atoms with Crippen LogP contribution in [0.15, 0.2) is 48.6 Å². The molecule has 0 unspecified atom stereocenters. The van der Waals surface area contributed by atoms with Crippen LogP contribution in [0.25, 0.3) is 21.5 Å². The second-order valence-electron chi connectivity index (χ2n) is 17.4. The van der Waals surface area contributed by atoms with Crippen molar-refractivity contribution >= 4 is 21.5 Å². The monoisotopic (exact) mass is 662 g/mol. The number of rotatable bonds is 10. The number of benzene rings is 3. The molecule has 0 heterocycles. The summed E-state index contributed by atoms with van der Waals surface area (Å²) in [6.45, 7) is 3.28. The Bertz CT molecular complexity index is 1820. The van der Waals surface area contributed by atoms with Crippen molar-refractivity contribution in [3.8, 4) is 11.5 Å². The van der Waals surface area contributed by atoms with Crippen molar-refractivity contribution in [1.29, 1.82) is 0 Å². The van der Waals surface area contributed by atoms with Crippen LogP contribution in [0.1, 0.15) is 42.2 Å². The van der Waals surface area contributed by atoms with E-state index in [2.05, 4.69) is 48.6 Å². The summed E-state index contributed by atoms with van der Waals surface area (Å²) in [5, 5.41) is 4.82. The Labute approximate surface area is 289 Å². The molecule has 3 aromatic carbocycles. The van der Waals surface area contributed by atoms with E-state index in [1.165, 1.54) is 45.5 Å². The Morgan fingerprint density at radius 1 is 0.531 bits per heavy atom. The van der Waals surface area contributed by atoms with Crippen LogP contribution in [-0.4, -0.2) is 69.1 Å². The summed E-state index contributed by atoms with van der Waals surface area (Å²) in [4.78, 5) is 0. The van der Waals surface area contributed by atoms with Gasteiger partial charge in [-0.3, -0.25) is 0 Å². The lowest BCUT2D eigenvalue weighted by Crippen LogP contribution is -2.82. The van der Waals surface area contributed by atoms with E-state index < -0.39 is 0 Å². The Balaban J connectivity index is 1.14. The summed E-state index contributed by atoms with van der Waals surface area (Å²) in [6.07, 6.45) is 8.83. The van der Waals surface area contributed by atoms with Crippen molar-refractivity contribution in [2.45, 2.75) is 31.1 Å². The first-order chi connectivity index (χ1) is 24.0. The number of methoxy groups -OCH3 is 6. The third-order valence-corrected chi connectivity index (χ3v) is 17.2. The van der Waals surface area contributed by atoms with Gasteiger partial charge < -0.3 is 28.4 Å². The first-order valence-electron chi connectivity index (χ1n) is 18.7. The van der Waals surface area contributed by atoms with E-state index in [4.69, 9.17) is 28.4 Å². The summed E-state index contributed by atoms with van der Waals surface area (Å²) < 4.78 is 38.5. The van der Waals surface area contributed by atoms with E-state index in [9.17, 15) is 0 Å². The average Bonchev–Trinajstić information content (AvgIpc) is 3.94. The normalized spacial score (nSPS) is 46.4. The molecule has 8 aliphatic carbocycles. The molecule has 8 aliphatic rings. The van der Waals surface area contributed by atoms with Crippen LogP contribution in [0.3, 0.4) is 0 Å². The number of fused-ring (bicyclic) bond motifs is 27. The van der Waals surface area contributed by atoms with Crippen molar-refractivity contribution in [3.05, 3.63) is 59.7 Å². The van der Waals surface area contributed by atoms with E-state index in [0.29, 0.717) is 59.2 Å². The van der Waals surface area contributed by atoms with Crippen LogP contribution in [0.5, 0.6) is 11.5 Å². The van der Waals surface area contributed by atoms with E-state index >= 15 is 0 Å². The summed E-state index contributed by atoms with van der Waals surface area (Å²) in [6, 6.07) is 13.3. The summed E-state index contributed by atoms with van der Waals surface area (Å²) in [7, 11) is 11.5. The minimum absolute atomic E-state index is 0.0630.